The Hall–Kier alpha value is -2.40. The highest BCUT2D eigenvalue weighted by atomic mass is 32.1. The number of carboxylic acids is 1. The monoisotopic (exact) mass is 285 g/mol. The zero-order valence-electron chi connectivity index (χ0n) is 10.7. The average molecular weight is 285 g/mol. The van der Waals surface area contributed by atoms with Crippen LogP contribution in [0.5, 0.6) is 5.75 Å². The van der Waals surface area contributed by atoms with Crippen molar-refractivity contribution in [1.29, 1.82) is 0 Å². The highest BCUT2D eigenvalue weighted by Crippen LogP contribution is 2.29. The minimum atomic E-state index is -0.945. The molecule has 0 aliphatic rings. The fraction of sp³-hybridized carbons (Fsp3) is 0.0667. The Balaban J connectivity index is 2.05. The Labute approximate surface area is 119 Å². The van der Waals surface area contributed by atoms with Gasteiger partial charge in [0.1, 0.15) is 15.6 Å². The van der Waals surface area contributed by atoms with Crippen molar-refractivity contribution in [1.82, 2.24) is 4.98 Å². The molecule has 3 aromatic rings. The SMILES string of the molecule is COc1ccc2cc(-c3ncc(C(=O)O)s3)ccc2c1. The Morgan fingerprint density at radius 3 is 2.65 bits per heavy atom. The topological polar surface area (TPSA) is 59.4 Å². The lowest BCUT2D eigenvalue weighted by atomic mass is 10.1. The second kappa shape index (κ2) is 4.94. The molecule has 0 atom stereocenters. The predicted molar refractivity (Wildman–Crippen MR) is 78.6 cm³/mol. The van der Waals surface area contributed by atoms with E-state index in [1.165, 1.54) is 17.5 Å². The van der Waals surface area contributed by atoms with Crippen molar-refractivity contribution in [2.24, 2.45) is 0 Å². The number of methoxy groups -OCH3 is 1. The van der Waals surface area contributed by atoms with Crippen LogP contribution in [-0.2, 0) is 0 Å². The van der Waals surface area contributed by atoms with E-state index in [0.29, 0.717) is 5.01 Å². The van der Waals surface area contributed by atoms with Crippen molar-refractivity contribution in [3.8, 4) is 16.3 Å². The van der Waals surface area contributed by atoms with E-state index in [-0.39, 0.29) is 4.88 Å². The van der Waals surface area contributed by atoms with Crippen molar-refractivity contribution in [3.63, 3.8) is 0 Å². The second-order valence-corrected chi connectivity index (χ2v) is 5.29. The maximum Gasteiger partial charge on any atom is 0.347 e. The number of hydrogen-bond donors (Lipinski definition) is 1. The molecule has 1 N–H and O–H groups in total. The first-order valence-corrected chi connectivity index (χ1v) is 6.76. The summed E-state index contributed by atoms with van der Waals surface area (Å²) in [6, 6.07) is 11.8. The molecular formula is C15H11NO3S. The van der Waals surface area contributed by atoms with Crippen LogP contribution in [0.4, 0.5) is 0 Å². The number of rotatable bonds is 3. The van der Waals surface area contributed by atoms with Gasteiger partial charge in [-0.1, -0.05) is 18.2 Å². The molecule has 0 spiro atoms. The van der Waals surface area contributed by atoms with Gasteiger partial charge < -0.3 is 9.84 Å². The van der Waals surface area contributed by atoms with E-state index in [2.05, 4.69) is 4.98 Å². The zero-order chi connectivity index (χ0) is 14.1. The number of carbonyl (C=O) groups is 1. The fourth-order valence-corrected chi connectivity index (χ4v) is 2.74. The molecule has 0 amide bonds. The fourth-order valence-electron chi connectivity index (χ4n) is 1.99. The van der Waals surface area contributed by atoms with Crippen LogP contribution in [0.25, 0.3) is 21.3 Å². The molecule has 0 radical (unpaired) electrons. The molecule has 0 unspecified atom stereocenters. The summed E-state index contributed by atoms with van der Waals surface area (Å²) in [5.74, 6) is -0.132. The molecule has 0 aliphatic carbocycles. The number of carboxylic acid groups (broad SMARTS) is 1. The minimum absolute atomic E-state index is 0.245. The molecule has 1 aromatic heterocycles. The molecule has 5 heteroatoms. The van der Waals surface area contributed by atoms with Crippen molar-refractivity contribution >= 4 is 28.1 Å². The van der Waals surface area contributed by atoms with Gasteiger partial charge in [0, 0.05) is 5.56 Å². The van der Waals surface area contributed by atoms with Crippen LogP contribution in [0.1, 0.15) is 9.67 Å². The molecule has 0 saturated heterocycles. The Kier molecular flexibility index (Phi) is 3.12. The normalized spacial score (nSPS) is 10.7. The van der Waals surface area contributed by atoms with Crippen molar-refractivity contribution in [2.45, 2.75) is 0 Å². The number of nitrogens with zero attached hydrogens (tertiary/aromatic N) is 1. The van der Waals surface area contributed by atoms with E-state index in [0.717, 1.165) is 22.1 Å². The zero-order valence-corrected chi connectivity index (χ0v) is 11.5. The van der Waals surface area contributed by atoms with Gasteiger partial charge in [0.25, 0.3) is 0 Å². The third kappa shape index (κ3) is 2.23. The van der Waals surface area contributed by atoms with Gasteiger partial charge in [-0.25, -0.2) is 9.78 Å². The molecule has 3 rings (SSSR count). The van der Waals surface area contributed by atoms with Crippen molar-refractivity contribution in [3.05, 3.63) is 47.5 Å². The van der Waals surface area contributed by atoms with Crippen LogP contribution in [0, 0.1) is 0 Å². The minimum Gasteiger partial charge on any atom is -0.497 e. The van der Waals surface area contributed by atoms with Gasteiger partial charge in [0.2, 0.25) is 0 Å². The number of aromatic carboxylic acids is 1. The number of benzene rings is 2. The molecule has 0 saturated carbocycles. The molecule has 4 nitrogen and oxygen atoms in total. The molecule has 0 aliphatic heterocycles. The van der Waals surface area contributed by atoms with Crippen molar-refractivity contribution < 1.29 is 14.6 Å². The van der Waals surface area contributed by atoms with E-state index in [1.54, 1.807) is 7.11 Å². The maximum atomic E-state index is 10.9. The smallest absolute Gasteiger partial charge is 0.347 e. The highest BCUT2D eigenvalue weighted by Gasteiger charge is 2.10. The first-order chi connectivity index (χ1) is 9.67. The summed E-state index contributed by atoms with van der Waals surface area (Å²) in [5, 5.41) is 11.8. The molecule has 100 valence electrons. The lowest BCUT2D eigenvalue weighted by molar-refractivity contribution is 0.0702. The number of aromatic nitrogens is 1. The number of ether oxygens (including phenoxy) is 1. The summed E-state index contributed by atoms with van der Waals surface area (Å²) in [6.45, 7) is 0. The van der Waals surface area contributed by atoms with Crippen LogP contribution in [0.15, 0.2) is 42.6 Å². The summed E-state index contributed by atoms with van der Waals surface area (Å²) in [5.41, 5.74) is 0.917. The van der Waals surface area contributed by atoms with Crippen LogP contribution >= 0.6 is 11.3 Å². The van der Waals surface area contributed by atoms with Gasteiger partial charge in [-0.15, -0.1) is 11.3 Å². The van der Waals surface area contributed by atoms with Crippen LogP contribution in [-0.4, -0.2) is 23.2 Å². The van der Waals surface area contributed by atoms with E-state index < -0.39 is 5.97 Å². The van der Waals surface area contributed by atoms with Crippen LogP contribution in [0.2, 0.25) is 0 Å². The first kappa shape index (κ1) is 12.6. The second-order valence-electron chi connectivity index (χ2n) is 4.26. The van der Waals surface area contributed by atoms with E-state index in [9.17, 15) is 4.79 Å². The quantitative estimate of drug-likeness (QED) is 0.797. The summed E-state index contributed by atoms with van der Waals surface area (Å²) in [4.78, 5) is 15.3. The van der Waals surface area contributed by atoms with Gasteiger partial charge in [-0.3, -0.25) is 0 Å². The van der Waals surface area contributed by atoms with E-state index >= 15 is 0 Å². The van der Waals surface area contributed by atoms with Gasteiger partial charge >= 0.3 is 5.97 Å². The van der Waals surface area contributed by atoms with E-state index in [1.807, 2.05) is 36.4 Å². The molecular weight excluding hydrogens is 274 g/mol. The number of fused-ring (bicyclic) bond motifs is 1. The lowest BCUT2D eigenvalue weighted by Gasteiger charge is -2.04. The Morgan fingerprint density at radius 1 is 1.20 bits per heavy atom. The Morgan fingerprint density at radius 2 is 1.95 bits per heavy atom. The van der Waals surface area contributed by atoms with Crippen LogP contribution in [0.3, 0.4) is 0 Å². The molecule has 20 heavy (non-hydrogen) atoms. The Bertz CT molecular complexity index is 795. The molecule has 0 bridgehead atoms. The largest absolute Gasteiger partial charge is 0.497 e. The highest BCUT2D eigenvalue weighted by molar-refractivity contribution is 7.16. The predicted octanol–water partition coefficient (Wildman–Crippen LogP) is 3.67. The third-order valence-electron chi connectivity index (χ3n) is 3.01. The van der Waals surface area contributed by atoms with Gasteiger partial charge in [-0.05, 0) is 29.0 Å². The summed E-state index contributed by atoms with van der Waals surface area (Å²) in [6.07, 6.45) is 1.39. The standard InChI is InChI=1S/C15H11NO3S/c1-19-12-5-4-9-6-11(3-2-10(9)7-12)14-16-8-13(20-14)15(17)18/h2-8H,1H3,(H,17,18). The number of hydrogen-bond acceptors (Lipinski definition) is 4. The van der Waals surface area contributed by atoms with E-state index in [4.69, 9.17) is 9.84 Å². The lowest BCUT2D eigenvalue weighted by Crippen LogP contribution is -1.89. The van der Waals surface area contributed by atoms with Crippen LogP contribution < -0.4 is 4.74 Å². The maximum absolute atomic E-state index is 10.9. The third-order valence-corrected chi connectivity index (χ3v) is 4.05. The summed E-state index contributed by atoms with van der Waals surface area (Å²) in [7, 11) is 1.64. The van der Waals surface area contributed by atoms with Gasteiger partial charge in [-0.2, -0.15) is 0 Å². The number of thiazole rings is 1. The van der Waals surface area contributed by atoms with Gasteiger partial charge in [0.05, 0.1) is 13.3 Å². The molecule has 2 aromatic carbocycles. The van der Waals surface area contributed by atoms with Crippen molar-refractivity contribution in [2.75, 3.05) is 7.11 Å². The molecule has 1 heterocycles. The molecule has 0 fully saturated rings. The van der Waals surface area contributed by atoms with Gasteiger partial charge in [0.15, 0.2) is 0 Å². The summed E-state index contributed by atoms with van der Waals surface area (Å²) < 4.78 is 5.19. The first-order valence-electron chi connectivity index (χ1n) is 5.94. The average Bonchev–Trinajstić information content (AvgIpc) is 2.96. The summed E-state index contributed by atoms with van der Waals surface area (Å²) >= 11 is 1.17.